The highest BCUT2D eigenvalue weighted by Gasteiger charge is 2.29. The molecule has 0 N–H and O–H groups in total. The first-order valence-corrected chi connectivity index (χ1v) is 10.2. The minimum atomic E-state index is -0.961. The molecule has 178 valence electrons. The Bertz CT molecular complexity index is 1340. The van der Waals surface area contributed by atoms with E-state index in [0.717, 1.165) is 6.07 Å². The number of carbonyl (C=O) groups is 1. The van der Waals surface area contributed by atoms with E-state index in [1.165, 1.54) is 31.4 Å². The van der Waals surface area contributed by atoms with E-state index in [9.17, 15) is 25.0 Å². The molecule has 3 aromatic carbocycles. The van der Waals surface area contributed by atoms with Crippen molar-refractivity contribution >= 4 is 29.5 Å². The Morgan fingerprint density at radius 3 is 2.46 bits per heavy atom. The normalized spacial score (nSPS) is 14.4. The number of hydrogen-bond acceptors (Lipinski definition) is 9. The maximum absolute atomic E-state index is 12.6. The number of benzene rings is 3. The second-order valence-electron chi connectivity index (χ2n) is 7.29. The number of para-hydroxylation sites is 2. The van der Waals surface area contributed by atoms with Gasteiger partial charge in [-0.1, -0.05) is 24.3 Å². The molecule has 11 nitrogen and oxygen atoms in total. The summed E-state index contributed by atoms with van der Waals surface area (Å²) in [5, 5.41) is 22.2. The molecule has 1 aliphatic rings. The van der Waals surface area contributed by atoms with Crippen molar-refractivity contribution in [1.29, 1.82) is 0 Å². The van der Waals surface area contributed by atoms with Gasteiger partial charge in [-0.15, -0.1) is 0 Å². The van der Waals surface area contributed by atoms with Crippen LogP contribution < -0.4 is 18.9 Å². The number of esters is 1. The summed E-state index contributed by atoms with van der Waals surface area (Å²) in [4.78, 5) is 33.4. The topological polar surface area (TPSA) is 140 Å². The minimum Gasteiger partial charge on any atom is -0.493 e. The van der Waals surface area contributed by atoms with Crippen LogP contribution in [0.3, 0.4) is 0 Å². The average Bonchev–Trinajstić information content (AvgIpc) is 2.87. The SMILES string of the molecule is COc1cc(/C=C/c2ccc([N+](=O)[O-])cc2[N+](=O)[O-])ccc1OC(=O)C1COc2ccccc2O1. The molecule has 0 amide bonds. The van der Waals surface area contributed by atoms with Crippen LogP contribution in [-0.2, 0) is 4.79 Å². The first kappa shape index (κ1) is 23.2. The molecule has 0 bridgehead atoms. The zero-order valence-electron chi connectivity index (χ0n) is 18.3. The lowest BCUT2D eigenvalue weighted by molar-refractivity contribution is -0.394. The molecule has 11 heteroatoms. The summed E-state index contributed by atoms with van der Waals surface area (Å²) in [6.45, 7) is -0.00694. The lowest BCUT2D eigenvalue weighted by atomic mass is 10.1. The van der Waals surface area contributed by atoms with Gasteiger partial charge < -0.3 is 18.9 Å². The molecule has 4 rings (SSSR count). The number of nitro benzene ring substituents is 2. The number of rotatable bonds is 7. The fourth-order valence-electron chi connectivity index (χ4n) is 3.31. The molecule has 0 aliphatic carbocycles. The summed E-state index contributed by atoms with van der Waals surface area (Å²) < 4.78 is 22.0. The van der Waals surface area contributed by atoms with Crippen molar-refractivity contribution in [3.05, 3.63) is 92.0 Å². The monoisotopic (exact) mass is 478 g/mol. The first-order chi connectivity index (χ1) is 16.9. The summed E-state index contributed by atoms with van der Waals surface area (Å²) >= 11 is 0. The zero-order chi connectivity index (χ0) is 24.9. The molecule has 0 saturated heterocycles. The fourth-order valence-corrected chi connectivity index (χ4v) is 3.31. The number of hydrogen-bond donors (Lipinski definition) is 0. The largest absolute Gasteiger partial charge is 0.493 e. The summed E-state index contributed by atoms with van der Waals surface area (Å²) in [6, 6.07) is 15.1. The van der Waals surface area contributed by atoms with Gasteiger partial charge in [0.1, 0.15) is 6.61 Å². The molecule has 0 radical (unpaired) electrons. The van der Waals surface area contributed by atoms with Gasteiger partial charge in [0.15, 0.2) is 23.0 Å². The molecule has 0 spiro atoms. The van der Waals surface area contributed by atoms with Crippen molar-refractivity contribution in [1.82, 2.24) is 0 Å². The molecule has 0 aromatic heterocycles. The van der Waals surface area contributed by atoms with Gasteiger partial charge in [-0.2, -0.15) is 0 Å². The third-order valence-electron chi connectivity index (χ3n) is 5.05. The number of nitro groups is 2. The van der Waals surface area contributed by atoms with Crippen LogP contribution >= 0.6 is 0 Å². The quantitative estimate of drug-likeness (QED) is 0.159. The number of fused-ring (bicyclic) bond motifs is 1. The number of ether oxygens (including phenoxy) is 4. The second kappa shape index (κ2) is 9.91. The zero-order valence-corrected chi connectivity index (χ0v) is 18.3. The smallest absolute Gasteiger partial charge is 0.356 e. The first-order valence-electron chi connectivity index (χ1n) is 10.2. The molecule has 1 aliphatic heterocycles. The van der Waals surface area contributed by atoms with Crippen molar-refractivity contribution in [2.75, 3.05) is 13.7 Å². The van der Waals surface area contributed by atoms with E-state index in [2.05, 4.69) is 0 Å². The molecule has 0 saturated carbocycles. The molecular formula is C24H18N2O9. The Labute approximate surface area is 198 Å². The van der Waals surface area contributed by atoms with E-state index >= 15 is 0 Å². The van der Waals surface area contributed by atoms with Crippen LogP contribution in [0.1, 0.15) is 11.1 Å². The summed E-state index contributed by atoms with van der Waals surface area (Å²) in [7, 11) is 1.40. The van der Waals surface area contributed by atoms with Gasteiger partial charge in [0.2, 0.25) is 6.10 Å². The summed E-state index contributed by atoms with van der Waals surface area (Å²) in [5.41, 5.74) is -0.00737. The van der Waals surface area contributed by atoms with E-state index in [0.29, 0.717) is 17.1 Å². The van der Waals surface area contributed by atoms with Gasteiger partial charge in [-0.25, -0.2) is 4.79 Å². The van der Waals surface area contributed by atoms with Crippen LogP contribution in [0.25, 0.3) is 12.2 Å². The van der Waals surface area contributed by atoms with Crippen molar-refractivity contribution in [2.24, 2.45) is 0 Å². The van der Waals surface area contributed by atoms with E-state index < -0.39 is 27.6 Å². The van der Waals surface area contributed by atoms with Gasteiger partial charge in [0.05, 0.1) is 28.6 Å². The standard InChI is InChI=1S/C24H18N2O9/c1-32-22-12-15(6-8-16-9-10-17(25(28)29)13-18(16)26(30)31)7-11-21(22)35-24(27)23-14-33-19-4-2-3-5-20(19)34-23/h2-13,23H,14H2,1H3/b8-6+. The van der Waals surface area contributed by atoms with Gasteiger partial charge in [-0.3, -0.25) is 20.2 Å². The Kier molecular flexibility index (Phi) is 6.58. The maximum Gasteiger partial charge on any atom is 0.356 e. The highest BCUT2D eigenvalue weighted by atomic mass is 16.6. The number of methoxy groups -OCH3 is 1. The van der Waals surface area contributed by atoms with Gasteiger partial charge in [0.25, 0.3) is 11.4 Å². The predicted octanol–water partition coefficient (Wildman–Crippen LogP) is 4.43. The molecule has 0 fully saturated rings. The van der Waals surface area contributed by atoms with Crippen LogP contribution in [-0.4, -0.2) is 35.6 Å². The molecule has 1 atom stereocenters. The van der Waals surface area contributed by atoms with Crippen LogP contribution in [0.4, 0.5) is 11.4 Å². The Morgan fingerprint density at radius 1 is 0.971 bits per heavy atom. The molecular weight excluding hydrogens is 460 g/mol. The van der Waals surface area contributed by atoms with Crippen LogP contribution in [0.15, 0.2) is 60.7 Å². The summed E-state index contributed by atoms with van der Waals surface area (Å²) in [5.74, 6) is 0.712. The third kappa shape index (κ3) is 5.19. The van der Waals surface area contributed by atoms with Crippen molar-refractivity contribution < 1.29 is 33.6 Å². The second-order valence-corrected chi connectivity index (χ2v) is 7.29. The van der Waals surface area contributed by atoms with E-state index in [1.54, 1.807) is 42.5 Å². The van der Waals surface area contributed by atoms with Crippen LogP contribution in [0.5, 0.6) is 23.0 Å². The third-order valence-corrected chi connectivity index (χ3v) is 5.05. The molecule has 1 unspecified atom stereocenters. The van der Waals surface area contributed by atoms with Crippen LogP contribution in [0, 0.1) is 20.2 Å². The molecule has 1 heterocycles. The Morgan fingerprint density at radius 2 is 1.74 bits per heavy atom. The van der Waals surface area contributed by atoms with Gasteiger partial charge >= 0.3 is 5.97 Å². The molecule has 3 aromatic rings. The van der Waals surface area contributed by atoms with Gasteiger partial charge in [-0.05, 0) is 42.0 Å². The van der Waals surface area contributed by atoms with Crippen molar-refractivity contribution in [2.45, 2.75) is 6.10 Å². The Hall–Kier alpha value is -4.93. The van der Waals surface area contributed by atoms with E-state index in [1.807, 2.05) is 0 Å². The fraction of sp³-hybridized carbons (Fsp3) is 0.125. The van der Waals surface area contributed by atoms with E-state index in [4.69, 9.17) is 18.9 Å². The predicted molar refractivity (Wildman–Crippen MR) is 124 cm³/mol. The van der Waals surface area contributed by atoms with Crippen LogP contribution in [0.2, 0.25) is 0 Å². The number of nitrogens with zero attached hydrogens (tertiary/aromatic N) is 2. The van der Waals surface area contributed by atoms with Crippen molar-refractivity contribution in [3.8, 4) is 23.0 Å². The lowest BCUT2D eigenvalue weighted by Gasteiger charge is -2.25. The number of non-ortho nitro benzene ring substituents is 1. The average molecular weight is 478 g/mol. The highest BCUT2D eigenvalue weighted by Crippen LogP contribution is 2.33. The number of carbonyl (C=O) groups excluding carboxylic acids is 1. The van der Waals surface area contributed by atoms with Gasteiger partial charge in [0, 0.05) is 6.07 Å². The maximum atomic E-state index is 12.6. The highest BCUT2D eigenvalue weighted by molar-refractivity contribution is 5.80. The summed E-state index contributed by atoms with van der Waals surface area (Å²) in [6.07, 6.45) is 2.06. The lowest BCUT2D eigenvalue weighted by Crippen LogP contribution is -2.39. The Balaban J connectivity index is 1.50. The van der Waals surface area contributed by atoms with E-state index in [-0.39, 0.29) is 29.4 Å². The minimum absolute atomic E-state index is 0.00694. The molecule has 35 heavy (non-hydrogen) atoms. The van der Waals surface area contributed by atoms with Crippen molar-refractivity contribution in [3.63, 3.8) is 0 Å².